The number of hydrogen-bond acceptors (Lipinski definition) is 2. The summed E-state index contributed by atoms with van der Waals surface area (Å²) < 4.78 is 0.694. The normalized spacial score (nSPS) is 10.4. The molecule has 2 aromatic rings. The van der Waals surface area contributed by atoms with E-state index in [1.165, 1.54) is 11.8 Å². The van der Waals surface area contributed by atoms with Crippen molar-refractivity contribution in [3.8, 4) is 11.1 Å². The molecule has 1 heterocycles. The van der Waals surface area contributed by atoms with Gasteiger partial charge < -0.3 is 5.11 Å². The van der Waals surface area contributed by atoms with Gasteiger partial charge in [0.2, 0.25) is 0 Å². The summed E-state index contributed by atoms with van der Waals surface area (Å²) in [5.41, 5.74) is 2.86. The van der Waals surface area contributed by atoms with Crippen molar-refractivity contribution >= 4 is 6.09 Å². The number of benzene rings is 1. The Morgan fingerprint density at radius 1 is 1.21 bits per heavy atom. The van der Waals surface area contributed by atoms with Crippen molar-refractivity contribution in [1.29, 1.82) is 0 Å². The van der Waals surface area contributed by atoms with Crippen LogP contribution in [0.3, 0.4) is 0 Å². The van der Waals surface area contributed by atoms with Crippen LogP contribution in [0.5, 0.6) is 0 Å². The third-order valence-electron chi connectivity index (χ3n) is 3.21. The lowest BCUT2D eigenvalue weighted by Crippen LogP contribution is -2.27. The first-order chi connectivity index (χ1) is 9.04. The second-order valence-electron chi connectivity index (χ2n) is 4.36. The second-order valence-corrected chi connectivity index (χ2v) is 4.36. The predicted molar refractivity (Wildman–Crippen MR) is 73.7 cm³/mol. The number of pyridine rings is 1. The summed E-state index contributed by atoms with van der Waals surface area (Å²) in [4.78, 5) is 22.8. The van der Waals surface area contributed by atoms with Crippen LogP contribution >= 0.6 is 0 Å². The van der Waals surface area contributed by atoms with Gasteiger partial charge in [-0.1, -0.05) is 31.2 Å². The Labute approximate surface area is 110 Å². The Balaban J connectivity index is 2.54. The molecule has 1 N–H and O–H groups in total. The van der Waals surface area contributed by atoms with Crippen molar-refractivity contribution in [2.24, 2.45) is 0 Å². The lowest BCUT2D eigenvalue weighted by atomic mass is 10.0. The van der Waals surface area contributed by atoms with Crippen LogP contribution in [0.4, 0.5) is 4.79 Å². The summed E-state index contributed by atoms with van der Waals surface area (Å²) >= 11 is 0. The maximum Gasteiger partial charge on any atom is 0.418 e. The zero-order valence-electron chi connectivity index (χ0n) is 10.9. The fourth-order valence-corrected chi connectivity index (χ4v) is 2.02. The van der Waals surface area contributed by atoms with Crippen LogP contribution in [0.15, 0.2) is 41.3 Å². The second kappa shape index (κ2) is 5.10. The number of aromatic nitrogens is 1. The summed E-state index contributed by atoms with van der Waals surface area (Å²) in [6.45, 7) is 3.72. The van der Waals surface area contributed by atoms with E-state index in [9.17, 15) is 9.59 Å². The van der Waals surface area contributed by atoms with Gasteiger partial charge in [-0.15, -0.1) is 0 Å². The highest BCUT2D eigenvalue weighted by Gasteiger charge is 2.11. The van der Waals surface area contributed by atoms with E-state index in [1.54, 1.807) is 13.0 Å². The van der Waals surface area contributed by atoms with Crippen molar-refractivity contribution < 1.29 is 9.90 Å². The molecule has 2 rings (SSSR count). The molecule has 4 heteroatoms. The number of nitrogens with zero attached hydrogens (tertiary/aromatic N) is 1. The van der Waals surface area contributed by atoms with Gasteiger partial charge in [0.05, 0.1) is 0 Å². The minimum atomic E-state index is -1.26. The predicted octanol–water partition coefficient (Wildman–Crippen LogP) is 2.91. The first kappa shape index (κ1) is 13.1. The Hall–Kier alpha value is -2.36. The molecule has 19 heavy (non-hydrogen) atoms. The highest BCUT2D eigenvalue weighted by Crippen LogP contribution is 2.21. The SMILES string of the molecule is CCc1ccc(-c2ccn(C(=O)O)c(=O)c2C)cc1. The van der Waals surface area contributed by atoms with E-state index in [4.69, 9.17) is 5.11 Å². The fourth-order valence-electron chi connectivity index (χ4n) is 2.02. The minimum absolute atomic E-state index is 0.439. The molecule has 0 saturated heterocycles. The summed E-state index contributed by atoms with van der Waals surface area (Å²) in [5, 5.41) is 8.88. The van der Waals surface area contributed by atoms with Crippen molar-refractivity contribution in [2.75, 3.05) is 0 Å². The van der Waals surface area contributed by atoms with E-state index in [-0.39, 0.29) is 0 Å². The average Bonchev–Trinajstić information content (AvgIpc) is 2.41. The quantitative estimate of drug-likeness (QED) is 0.899. The van der Waals surface area contributed by atoms with Gasteiger partial charge in [0, 0.05) is 11.8 Å². The van der Waals surface area contributed by atoms with E-state index in [1.807, 2.05) is 24.3 Å². The number of aryl methyl sites for hydroxylation is 1. The van der Waals surface area contributed by atoms with Crippen LogP contribution in [-0.2, 0) is 6.42 Å². The number of rotatable bonds is 2. The molecule has 0 bridgehead atoms. The topological polar surface area (TPSA) is 59.3 Å². The van der Waals surface area contributed by atoms with E-state index in [2.05, 4.69) is 6.92 Å². The molecule has 4 nitrogen and oxygen atoms in total. The van der Waals surface area contributed by atoms with Crippen molar-refractivity contribution in [2.45, 2.75) is 20.3 Å². The smallest absolute Gasteiger partial charge is 0.418 e. The third kappa shape index (κ3) is 2.42. The van der Waals surface area contributed by atoms with Gasteiger partial charge in [0.15, 0.2) is 0 Å². The highest BCUT2D eigenvalue weighted by atomic mass is 16.4. The Bertz CT molecular complexity index is 669. The zero-order valence-corrected chi connectivity index (χ0v) is 10.9. The van der Waals surface area contributed by atoms with Crippen molar-refractivity contribution in [3.05, 3.63) is 58.0 Å². The van der Waals surface area contributed by atoms with Gasteiger partial charge in [-0.25, -0.2) is 9.36 Å². The summed E-state index contributed by atoms with van der Waals surface area (Å²) in [5.74, 6) is 0. The van der Waals surface area contributed by atoms with E-state index in [0.717, 1.165) is 17.5 Å². The Morgan fingerprint density at radius 2 is 1.84 bits per heavy atom. The lowest BCUT2D eigenvalue weighted by Gasteiger charge is -2.08. The van der Waals surface area contributed by atoms with Gasteiger partial charge in [0.1, 0.15) is 0 Å². The highest BCUT2D eigenvalue weighted by molar-refractivity contribution is 5.72. The number of carboxylic acid groups (broad SMARTS) is 1. The van der Waals surface area contributed by atoms with E-state index >= 15 is 0 Å². The third-order valence-corrected chi connectivity index (χ3v) is 3.21. The molecule has 0 amide bonds. The summed E-state index contributed by atoms with van der Waals surface area (Å²) in [6.07, 6.45) is 0.988. The van der Waals surface area contributed by atoms with Crippen molar-refractivity contribution in [3.63, 3.8) is 0 Å². The molecule has 98 valence electrons. The number of carbonyl (C=O) groups is 1. The maximum atomic E-state index is 11.9. The lowest BCUT2D eigenvalue weighted by molar-refractivity contribution is 0.195. The molecule has 0 aliphatic carbocycles. The molecule has 0 aliphatic heterocycles. The first-order valence-electron chi connectivity index (χ1n) is 6.09. The molecule has 1 aromatic carbocycles. The Kier molecular flexibility index (Phi) is 3.51. The van der Waals surface area contributed by atoms with Crippen LogP contribution in [0.2, 0.25) is 0 Å². The molecule has 0 radical (unpaired) electrons. The molecular formula is C15H15NO3. The molecular weight excluding hydrogens is 242 g/mol. The van der Waals surface area contributed by atoms with Gasteiger partial charge in [0.25, 0.3) is 5.56 Å². The zero-order chi connectivity index (χ0) is 14.0. The van der Waals surface area contributed by atoms with Crippen LogP contribution in [-0.4, -0.2) is 15.8 Å². The van der Waals surface area contributed by atoms with Crippen LogP contribution in [0.1, 0.15) is 18.1 Å². The largest absolute Gasteiger partial charge is 0.464 e. The standard InChI is InChI=1S/C15H15NO3/c1-3-11-4-6-12(7-5-11)13-8-9-16(15(18)19)14(17)10(13)2/h4-9H,3H2,1-2H3,(H,18,19). The molecule has 0 aliphatic rings. The van der Waals surface area contributed by atoms with Crippen LogP contribution in [0, 0.1) is 6.92 Å². The fraction of sp³-hybridized carbons (Fsp3) is 0.200. The van der Waals surface area contributed by atoms with Gasteiger partial charge >= 0.3 is 6.09 Å². The molecule has 0 fully saturated rings. The molecule has 0 saturated carbocycles. The minimum Gasteiger partial charge on any atom is -0.464 e. The molecule has 0 atom stereocenters. The summed E-state index contributed by atoms with van der Waals surface area (Å²) in [7, 11) is 0. The molecule has 0 spiro atoms. The van der Waals surface area contributed by atoms with Gasteiger partial charge in [-0.05, 0) is 36.1 Å². The monoisotopic (exact) mass is 257 g/mol. The molecule has 0 unspecified atom stereocenters. The number of hydrogen-bond donors (Lipinski definition) is 1. The van der Waals surface area contributed by atoms with Gasteiger partial charge in [-0.3, -0.25) is 4.79 Å². The van der Waals surface area contributed by atoms with E-state index < -0.39 is 11.7 Å². The average molecular weight is 257 g/mol. The first-order valence-corrected chi connectivity index (χ1v) is 6.09. The molecule has 1 aromatic heterocycles. The Morgan fingerprint density at radius 3 is 2.37 bits per heavy atom. The maximum absolute atomic E-state index is 11.9. The van der Waals surface area contributed by atoms with Crippen molar-refractivity contribution in [1.82, 2.24) is 4.57 Å². The van der Waals surface area contributed by atoms with Crippen LogP contribution in [0.25, 0.3) is 11.1 Å². The van der Waals surface area contributed by atoms with Gasteiger partial charge in [-0.2, -0.15) is 0 Å². The summed E-state index contributed by atoms with van der Waals surface area (Å²) in [6, 6.07) is 9.58. The van der Waals surface area contributed by atoms with E-state index in [0.29, 0.717) is 10.1 Å². The van der Waals surface area contributed by atoms with Crippen LogP contribution < -0.4 is 5.56 Å².